The molecule has 1 rings (SSSR count). The van der Waals surface area contributed by atoms with Crippen LogP contribution in [0.5, 0.6) is 0 Å². The molecule has 19 heavy (non-hydrogen) atoms. The van der Waals surface area contributed by atoms with E-state index in [4.69, 9.17) is 4.74 Å². The van der Waals surface area contributed by atoms with Gasteiger partial charge in [-0.2, -0.15) is 13.2 Å². The normalized spacial score (nSPS) is 16.4. The van der Waals surface area contributed by atoms with E-state index in [1.807, 2.05) is 0 Å². The minimum absolute atomic E-state index is 0.0991. The Morgan fingerprint density at radius 2 is 1.84 bits per heavy atom. The van der Waals surface area contributed by atoms with E-state index in [-0.39, 0.29) is 11.4 Å². The Labute approximate surface area is 117 Å². The molecule has 0 bridgehead atoms. The predicted octanol–water partition coefficient (Wildman–Crippen LogP) is 2.89. The summed E-state index contributed by atoms with van der Waals surface area (Å²) in [6.07, 6.45) is -2.83. The Bertz CT molecular complexity index is 330. The second kappa shape index (κ2) is 7.12. The second-order valence-electron chi connectivity index (χ2n) is 4.43. The average Bonchev–Trinajstić information content (AvgIpc) is 2.78. The second-order valence-corrected chi connectivity index (χ2v) is 4.99. The molecule has 1 aliphatic rings. The molecule has 1 aliphatic carbocycles. The fourth-order valence-electron chi connectivity index (χ4n) is 1.88. The van der Waals surface area contributed by atoms with Gasteiger partial charge >= 0.3 is 12.3 Å². The van der Waals surface area contributed by atoms with Crippen molar-refractivity contribution < 1.29 is 27.5 Å². The third-order valence-corrected chi connectivity index (χ3v) is 3.34. The Hall–Kier alpha value is -0.790. The molecule has 0 N–H and O–H groups in total. The van der Waals surface area contributed by atoms with Gasteiger partial charge in [-0.3, -0.25) is 9.69 Å². The van der Waals surface area contributed by atoms with Gasteiger partial charge in [-0.15, -0.1) is 0 Å². The van der Waals surface area contributed by atoms with Gasteiger partial charge in [0.2, 0.25) is 0 Å². The van der Waals surface area contributed by atoms with E-state index in [0.29, 0.717) is 17.7 Å². The van der Waals surface area contributed by atoms with E-state index in [2.05, 4.69) is 15.9 Å². The van der Waals surface area contributed by atoms with Crippen LogP contribution in [0.25, 0.3) is 0 Å². The van der Waals surface area contributed by atoms with Crippen LogP contribution in [0.2, 0.25) is 0 Å². The zero-order valence-corrected chi connectivity index (χ0v) is 11.8. The molecule has 4 nitrogen and oxygen atoms in total. The van der Waals surface area contributed by atoms with E-state index in [1.165, 1.54) is 0 Å². The molecule has 8 heteroatoms. The summed E-state index contributed by atoms with van der Waals surface area (Å²) in [5.41, 5.74) is 0. The van der Waals surface area contributed by atoms with Crippen LogP contribution < -0.4 is 0 Å². The third-order valence-electron chi connectivity index (χ3n) is 2.71. The number of ketones is 1. The summed E-state index contributed by atoms with van der Waals surface area (Å²) in [5.74, 6) is -0.507. The maximum atomic E-state index is 12.4. The fraction of sp³-hybridized carbons (Fsp3) is 0.818. The molecule has 0 aromatic rings. The van der Waals surface area contributed by atoms with Crippen molar-refractivity contribution in [3.63, 3.8) is 0 Å². The van der Waals surface area contributed by atoms with Crippen LogP contribution in [0.4, 0.5) is 18.0 Å². The van der Waals surface area contributed by atoms with Crippen LogP contribution in [0, 0.1) is 0 Å². The monoisotopic (exact) mass is 345 g/mol. The number of alkyl halides is 4. The molecule has 0 unspecified atom stereocenters. The molecule has 0 aromatic heterocycles. The van der Waals surface area contributed by atoms with Gasteiger partial charge in [0.05, 0.1) is 11.9 Å². The molecule has 110 valence electrons. The smallest absolute Gasteiger partial charge is 0.410 e. The Balaban J connectivity index is 2.59. The topological polar surface area (TPSA) is 46.6 Å². The SMILES string of the molecule is O=C(CBr)CN(CC(F)(F)F)C(=O)OC1CCCC1. The van der Waals surface area contributed by atoms with E-state index in [0.717, 1.165) is 12.8 Å². The van der Waals surface area contributed by atoms with Crippen molar-refractivity contribution in [3.8, 4) is 0 Å². The minimum Gasteiger partial charge on any atom is -0.446 e. The number of amides is 1. The molecule has 1 saturated carbocycles. The van der Waals surface area contributed by atoms with E-state index in [1.54, 1.807) is 0 Å². The Morgan fingerprint density at radius 1 is 1.26 bits per heavy atom. The summed E-state index contributed by atoms with van der Waals surface area (Å²) in [6, 6.07) is 0. The summed E-state index contributed by atoms with van der Waals surface area (Å²) in [4.78, 5) is 23.3. The first-order valence-electron chi connectivity index (χ1n) is 5.92. The molecule has 1 amide bonds. The number of rotatable bonds is 5. The van der Waals surface area contributed by atoms with Gasteiger partial charge in [-0.1, -0.05) is 15.9 Å². The van der Waals surface area contributed by atoms with Gasteiger partial charge in [0, 0.05) is 0 Å². The lowest BCUT2D eigenvalue weighted by Crippen LogP contribution is -2.43. The zero-order chi connectivity index (χ0) is 14.5. The fourth-order valence-corrected chi connectivity index (χ4v) is 2.06. The number of hydrogen-bond acceptors (Lipinski definition) is 3. The van der Waals surface area contributed by atoms with Crippen LogP contribution in [0.15, 0.2) is 0 Å². The summed E-state index contributed by atoms with van der Waals surface area (Å²) in [5, 5.41) is -0.0991. The van der Waals surface area contributed by atoms with Gasteiger partial charge < -0.3 is 4.74 Å². The number of carbonyl (C=O) groups is 2. The lowest BCUT2D eigenvalue weighted by molar-refractivity contribution is -0.145. The van der Waals surface area contributed by atoms with Gasteiger partial charge in [-0.25, -0.2) is 4.79 Å². The molecule has 0 heterocycles. The predicted molar refractivity (Wildman–Crippen MR) is 65.2 cm³/mol. The van der Waals surface area contributed by atoms with Gasteiger partial charge in [0.25, 0.3) is 0 Å². The highest BCUT2D eigenvalue weighted by Gasteiger charge is 2.35. The lowest BCUT2D eigenvalue weighted by atomic mass is 10.3. The molecule has 0 saturated heterocycles. The van der Waals surface area contributed by atoms with Crippen molar-refractivity contribution in [1.82, 2.24) is 4.90 Å². The van der Waals surface area contributed by atoms with Crippen LogP contribution in [0.3, 0.4) is 0 Å². The van der Waals surface area contributed by atoms with Crippen molar-refractivity contribution in [2.75, 3.05) is 18.4 Å². The quantitative estimate of drug-likeness (QED) is 0.720. The third kappa shape index (κ3) is 6.26. The summed E-state index contributed by atoms with van der Waals surface area (Å²) < 4.78 is 42.1. The highest BCUT2D eigenvalue weighted by molar-refractivity contribution is 9.09. The number of Topliss-reactive ketones (excluding diaryl/α,β-unsaturated/α-hetero) is 1. The molecule has 0 spiro atoms. The van der Waals surface area contributed by atoms with E-state index < -0.39 is 31.1 Å². The first kappa shape index (κ1) is 16.3. The van der Waals surface area contributed by atoms with Crippen molar-refractivity contribution in [2.45, 2.75) is 38.0 Å². The maximum absolute atomic E-state index is 12.4. The molecular formula is C11H15BrF3NO3. The first-order valence-corrected chi connectivity index (χ1v) is 7.04. The van der Waals surface area contributed by atoms with Crippen molar-refractivity contribution in [1.29, 1.82) is 0 Å². The summed E-state index contributed by atoms with van der Waals surface area (Å²) >= 11 is 2.85. The molecule has 1 fully saturated rings. The standard InChI is InChI=1S/C11H15BrF3NO3/c12-5-8(17)6-16(7-11(13,14)15)10(18)19-9-3-1-2-4-9/h9H,1-7H2. The molecule has 0 aliphatic heterocycles. The first-order chi connectivity index (χ1) is 8.81. The maximum Gasteiger partial charge on any atom is 0.410 e. The molecule has 0 atom stereocenters. The van der Waals surface area contributed by atoms with Crippen LogP contribution in [-0.2, 0) is 9.53 Å². The number of carbonyl (C=O) groups excluding carboxylic acids is 2. The zero-order valence-electron chi connectivity index (χ0n) is 10.2. The number of hydrogen-bond donors (Lipinski definition) is 0. The Kier molecular flexibility index (Phi) is 6.09. The number of ether oxygens (including phenoxy) is 1. The number of nitrogens with zero attached hydrogens (tertiary/aromatic N) is 1. The van der Waals surface area contributed by atoms with E-state index in [9.17, 15) is 22.8 Å². The van der Waals surface area contributed by atoms with Gasteiger partial charge in [-0.05, 0) is 25.7 Å². The largest absolute Gasteiger partial charge is 0.446 e. The van der Waals surface area contributed by atoms with Crippen molar-refractivity contribution in [2.24, 2.45) is 0 Å². The van der Waals surface area contributed by atoms with Crippen LogP contribution in [-0.4, -0.2) is 47.5 Å². The number of halogens is 4. The van der Waals surface area contributed by atoms with Gasteiger partial charge in [0.15, 0.2) is 5.78 Å². The average molecular weight is 346 g/mol. The van der Waals surface area contributed by atoms with E-state index >= 15 is 0 Å². The van der Waals surface area contributed by atoms with Crippen LogP contribution in [0.1, 0.15) is 25.7 Å². The van der Waals surface area contributed by atoms with Crippen molar-refractivity contribution in [3.05, 3.63) is 0 Å². The highest BCUT2D eigenvalue weighted by Crippen LogP contribution is 2.23. The van der Waals surface area contributed by atoms with Crippen molar-refractivity contribution >= 4 is 27.8 Å². The molecule has 0 aromatic carbocycles. The minimum atomic E-state index is -4.55. The Morgan fingerprint density at radius 3 is 2.32 bits per heavy atom. The highest BCUT2D eigenvalue weighted by atomic mass is 79.9. The van der Waals surface area contributed by atoms with Crippen LogP contribution >= 0.6 is 15.9 Å². The lowest BCUT2D eigenvalue weighted by Gasteiger charge is -2.24. The van der Waals surface area contributed by atoms with Gasteiger partial charge in [0.1, 0.15) is 12.6 Å². The molecular weight excluding hydrogens is 331 g/mol. The molecule has 0 radical (unpaired) electrons. The summed E-state index contributed by atoms with van der Waals surface area (Å²) in [6.45, 7) is -2.08. The summed E-state index contributed by atoms with van der Waals surface area (Å²) in [7, 11) is 0.